The Kier molecular flexibility index (Phi) is 4.07. The third-order valence-corrected chi connectivity index (χ3v) is 3.82. The second-order valence-corrected chi connectivity index (χ2v) is 5.01. The number of halogens is 1. The minimum absolute atomic E-state index is 0.110. The minimum Gasteiger partial charge on any atom is -0.369 e. The molecule has 0 spiro atoms. The van der Waals surface area contributed by atoms with E-state index in [1.54, 1.807) is 12.1 Å². The number of nitrogens with zero attached hydrogens (tertiary/aromatic N) is 2. The zero-order chi connectivity index (χ0) is 13.1. The maximum atomic E-state index is 10.8. The fraction of sp³-hybridized carbons (Fsp3) is 0.538. The van der Waals surface area contributed by atoms with Gasteiger partial charge in [0.1, 0.15) is 0 Å². The van der Waals surface area contributed by atoms with E-state index in [0.717, 1.165) is 17.8 Å². The van der Waals surface area contributed by atoms with Crippen LogP contribution in [0.15, 0.2) is 18.2 Å². The molecule has 98 valence electrons. The van der Waals surface area contributed by atoms with Crippen molar-refractivity contribution in [3.63, 3.8) is 0 Å². The molecule has 1 unspecified atom stereocenters. The van der Waals surface area contributed by atoms with Crippen molar-refractivity contribution in [2.45, 2.75) is 38.1 Å². The second kappa shape index (κ2) is 5.57. The highest BCUT2D eigenvalue weighted by Crippen LogP contribution is 2.31. The molecule has 0 aromatic heterocycles. The van der Waals surface area contributed by atoms with Crippen molar-refractivity contribution in [1.82, 2.24) is 0 Å². The minimum atomic E-state index is -0.376. The molecule has 0 radical (unpaired) electrons. The summed E-state index contributed by atoms with van der Waals surface area (Å²) in [6, 6.07) is 5.45. The first-order valence-corrected chi connectivity index (χ1v) is 6.77. The molecule has 1 saturated heterocycles. The van der Waals surface area contributed by atoms with Crippen LogP contribution < -0.4 is 4.90 Å². The SMILES string of the molecule is CC1CCCCN1c1ccc([N+](=O)[O-])cc1CCl. The zero-order valence-corrected chi connectivity index (χ0v) is 11.2. The molecule has 1 atom stereocenters. The maximum absolute atomic E-state index is 10.8. The highest BCUT2D eigenvalue weighted by atomic mass is 35.5. The number of anilines is 1. The van der Waals surface area contributed by atoms with Crippen LogP contribution in [0.3, 0.4) is 0 Å². The highest BCUT2D eigenvalue weighted by molar-refractivity contribution is 6.17. The number of nitro benzene ring substituents is 1. The second-order valence-electron chi connectivity index (χ2n) is 4.74. The number of piperidine rings is 1. The standard InChI is InChI=1S/C13H17ClN2O2/c1-10-4-2-3-7-15(10)13-6-5-12(16(17)18)8-11(13)9-14/h5-6,8,10H,2-4,7,9H2,1H3. The van der Waals surface area contributed by atoms with E-state index in [-0.39, 0.29) is 10.6 Å². The molecule has 1 fully saturated rings. The van der Waals surface area contributed by atoms with E-state index in [0.29, 0.717) is 11.9 Å². The van der Waals surface area contributed by atoms with Crippen LogP contribution in [0.1, 0.15) is 31.7 Å². The van der Waals surface area contributed by atoms with Gasteiger partial charge in [-0.2, -0.15) is 0 Å². The molecular weight excluding hydrogens is 252 g/mol. The first-order valence-electron chi connectivity index (χ1n) is 6.23. The quantitative estimate of drug-likeness (QED) is 0.477. The Morgan fingerprint density at radius 1 is 1.50 bits per heavy atom. The summed E-state index contributed by atoms with van der Waals surface area (Å²) in [6.45, 7) is 3.20. The molecule has 2 rings (SSSR count). The Morgan fingerprint density at radius 3 is 2.89 bits per heavy atom. The van der Waals surface area contributed by atoms with Gasteiger partial charge in [0.25, 0.3) is 5.69 Å². The summed E-state index contributed by atoms with van der Waals surface area (Å²) in [5.41, 5.74) is 2.00. The summed E-state index contributed by atoms with van der Waals surface area (Å²) in [7, 11) is 0. The van der Waals surface area contributed by atoms with Crippen LogP contribution >= 0.6 is 11.6 Å². The number of non-ortho nitro benzene ring substituents is 1. The van der Waals surface area contributed by atoms with Crippen molar-refractivity contribution in [2.75, 3.05) is 11.4 Å². The molecule has 0 bridgehead atoms. The molecule has 1 aromatic rings. The molecule has 1 aromatic carbocycles. The van der Waals surface area contributed by atoms with E-state index in [2.05, 4.69) is 11.8 Å². The molecule has 4 nitrogen and oxygen atoms in total. The van der Waals surface area contributed by atoms with Gasteiger partial charge in [-0.25, -0.2) is 0 Å². The number of benzene rings is 1. The molecule has 1 heterocycles. The van der Waals surface area contributed by atoms with Crippen LogP contribution in [0.25, 0.3) is 0 Å². The summed E-state index contributed by atoms with van der Waals surface area (Å²) >= 11 is 5.93. The Bertz CT molecular complexity index is 451. The van der Waals surface area contributed by atoms with Crippen molar-refractivity contribution >= 4 is 23.0 Å². The third kappa shape index (κ3) is 2.58. The third-order valence-electron chi connectivity index (χ3n) is 3.53. The Morgan fingerprint density at radius 2 is 2.28 bits per heavy atom. The van der Waals surface area contributed by atoms with Gasteiger partial charge in [-0.1, -0.05) is 0 Å². The Balaban J connectivity index is 2.34. The number of alkyl halides is 1. The molecule has 18 heavy (non-hydrogen) atoms. The fourth-order valence-corrected chi connectivity index (χ4v) is 2.74. The van der Waals surface area contributed by atoms with Crippen molar-refractivity contribution in [2.24, 2.45) is 0 Å². The molecular formula is C13H17ClN2O2. The molecule has 0 N–H and O–H groups in total. The van der Waals surface area contributed by atoms with Gasteiger partial charge in [-0.3, -0.25) is 10.1 Å². The van der Waals surface area contributed by atoms with E-state index in [9.17, 15) is 10.1 Å². The van der Waals surface area contributed by atoms with Crippen molar-refractivity contribution in [3.8, 4) is 0 Å². The topological polar surface area (TPSA) is 46.4 Å². The molecule has 0 amide bonds. The van der Waals surface area contributed by atoms with E-state index in [1.807, 2.05) is 6.07 Å². The van der Waals surface area contributed by atoms with Gasteiger partial charge in [0.2, 0.25) is 0 Å². The monoisotopic (exact) mass is 268 g/mol. The molecule has 0 saturated carbocycles. The van der Waals surface area contributed by atoms with Crippen molar-refractivity contribution < 1.29 is 4.92 Å². The molecule has 0 aliphatic carbocycles. The van der Waals surface area contributed by atoms with Crippen LogP contribution in [0.5, 0.6) is 0 Å². The molecule has 1 aliphatic rings. The van der Waals surface area contributed by atoms with Crippen LogP contribution in [0, 0.1) is 10.1 Å². The lowest BCUT2D eigenvalue weighted by Crippen LogP contribution is -2.37. The molecule has 1 aliphatic heterocycles. The number of hydrogen-bond acceptors (Lipinski definition) is 3. The molecule has 5 heteroatoms. The summed E-state index contributed by atoms with van der Waals surface area (Å²) in [4.78, 5) is 12.7. The van der Waals surface area contributed by atoms with Gasteiger partial charge in [0, 0.05) is 36.3 Å². The first kappa shape index (κ1) is 13.1. The predicted octanol–water partition coefficient (Wildman–Crippen LogP) is 3.71. The van der Waals surface area contributed by atoms with Gasteiger partial charge in [-0.15, -0.1) is 11.6 Å². The largest absolute Gasteiger partial charge is 0.369 e. The summed E-state index contributed by atoms with van der Waals surface area (Å²) in [6.07, 6.45) is 3.59. The first-order chi connectivity index (χ1) is 8.63. The normalized spacial score (nSPS) is 19.9. The Labute approximate surface area is 112 Å². The van der Waals surface area contributed by atoms with Crippen LogP contribution in [0.2, 0.25) is 0 Å². The zero-order valence-electron chi connectivity index (χ0n) is 10.4. The summed E-state index contributed by atoms with van der Waals surface area (Å²) in [5.74, 6) is 0.306. The number of nitro groups is 1. The van der Waals surface area contributed by atoms with E-state index in [1.165, 1.54) is 19.3 Å². The fourth-order valence-electron chi connectivity index (χ4n) is 2.53. The average Bonchev–Trinajstić information content (AvgIpc) is 2.38. The van der Waals surface area contributed by atoms with Gasteiger partial charge in [-0.05, 0) is 37.8 Å². The average molecular weight is 269 g/mol. The van der Waals surface area contributed by atoms with Crippen molar-refractivity contribution in [3.05, 3.63) is 33.9 Å². The van der Waals surface area contributed by atoms with E-state index < -0.39 is 0 Å². The predicted molar refractivity (Wildman–Crippen MR) is 73.3 cm³/mol. The maximum Gasteiger partial charge on any atom is 0.269 e. The smallest absolute Gasteiger partial charge is 0.269 e. The van der Waals surface area contributed by atoms with Gasteiger partial charge < -0.3 is 4.90 Å². The number of hydrogen-bond donors (Lipinski definition) is 0. The van der Waals surface area contributed by atoms with Gasteiger partial charge in [0.15, 0.2) is 0 Å². The van der Waals surface area contributed by atoms with Crippen LogP contribution in [-0.4, -0.2) is 17.5 Å². The van der Waals surface area contributed by atoms with Crippen LogP contribution in [-0.2, 0) is 5.88 Å². The van der Waals surface area contributed by atoms with E-state index in [4.69, 9.17) is 11.6 Å². The lowest BCUT2D eigenvalue weighted by atomic mass is 10.0. The lowest BCUT2D eigenvalue weighted by Gasteiger charge is -2.36. The van der Waals surface area contributed by atoms with Gasteiger partial charge >= 0.3 is 0 Å². The lowest BCUT2D eigenvalue weighted by molar-refractivity contribution is -0.384. The highest BCUT2D eigenvalue weighted by Gasteiger charge is 2.22. The Hall–Kier alpha value is -1.29. The van der Waals surface area contributed by atoms with E-state index >= 15 is 0 Å². The summed E-state index contributed by atoms with van der Waals surface area (Å²) < 4.78 is 0. The van der Waals surface area contributed by atoms with Crippen LogP contribution in [0.4, 0.5) is 11.4 Å². The van der Waals surface area contributed by atoms with Crippen molar-refractivity contribution in [1.29, 1.82) is 0 Å². The number of rotatable bonds is 3. The summed E-state index contributed by atoms with van der Waals surface area (Å²) in [5, 5.41) is 10.8. The van der Waals surface area contributed by atoms with Gasteiger partial charge in [0.05, 0.1) is 4.92 Å².